The summed E-state index contributed by atoms with van der Waals surface area (Å²) in [5.41, 5.74) is 2.93. The first-order valence-corrected chi connectivity index (χ1v) is 9.69. The SMILES string of the molecule is COc1ccc(-c2cnc(Nc3cccc(C(=O)N4COCC4(C)C)c3)nc2)cc1. The van der Waals surface area contributed by atoms with E-state index in [-0.39, 0.29) is 11.4 Å². The molecule has 3 aromatic rings. The summed E-state index contributed by atoms with van der Waals surface area (Å²) in [6.07, 6.45) is 3.52. The number of amides is 1. The summed E-state index contributed by atoms with van der Waals surface area (Å²) in [5.74, 6) is 1.20. The van der Waals surface area contributed by atoms with Crippen LogP contribution in [-0.2, 0) is 4.74 Å². The Morgan fingerprint density at radius 1 is 1.10 bits per heavy atom. The van der Waals surface area contributed by atoms with Crippen molar-refractivity contribution in [2.75, 3.05) is 25.8 Å². The van der Waals surface area contributed by atoms with E-state index in [2.05, 4.69) is 15.3 Å². The van der Waals surface area contributed by atoms with E-state index < -0.39 is 0 Å². The van der Waals surface area contributed by atoms with E-state index in [0.717, 1.165) is 22.6 Å². The van der Waals surface area contributed by atoms with Gasteiger partial charge < -0.3 is 19.7 Å². The van der Waals surface area contributed by atoms with E-state index in [4.69, 9.17) is 9.47 Å². The van der Waals surface area contributed by atoms with Gasteiger partial charge in [0.05, 0.1) is 19.3 Å². The van der Waals surface area contributed by atoms with Gasteiger partial charge in [-0.2, -0.15) is 0 Å². The van der Waals surface area contributed by atoms with Crippen molar-refractivity contribution in [3.05, 3.63) is 66.5 Å². The highest BCUT2D eigenvalue weighted by Crippen LogP contribution is 2.26. The minimum absolute atomic E-state index is 0.0584. The van der Waals surface area contributed by atoms with Crippen LogP contribution in [0.3, 0.4) is 0 Å². The number of anilines is 2. The molecule has 30 heavy (non-hydrogen) atoms. The van der Waals surface area contributed by atoms with Gasteiger partial charge in [0.2, 0.25) is 5.95 Å². The summed E-state index contributed by atoms with van der Waals surface area (Å²) in [4.78, 5) is 23.4. The molecule has 2 heterocycles. The molecule has 1 N–H and O–H groups in total. The van der Waals surface area contributed by atoms with E-state index in [1.54, 1.807) is 36.5 Å². The molecule has 2 aromatic carbocycles. The molecule has 1 aliphatic heterocycles. The first-order chi connectivity index (χ1) is 14.5. The van der Waals surface area contributed by atoms with Gasteiger partial charge in [-0.15, -0.1) is 0 Å². The van der Waals surface area contributed by atoms with Gasteiger partial charge in [-0.25, -0.2) is 9.97 Å². The minimum atomic E-state index is -0.319. The number of aromatic nitrogens is 2. The van der Waals surface area contributed by atoms with Crippen LogP contribution in [0, 0.1) is 0 Å². The van der Waals surface area contributed by atoms with Crippen LogP contribution in [0.1, 0.15) is 24.2 Å². The highest BCUT2D eigenvalue weighted by Gasteiger charge is 2.36. The lowest BCUT2D eigenvalue weighted by Crippen LogP contribution is -2.44. The average Bonchev–Trinajstić information content (AvgIpc) is 3.13. The Balaban J connectivity index is 1.48. The fourth-order valence-corrected chi connectivity index (χ4v) is 3.31. The number of carbonyl (C=O) groups excluding carboxylic acids is 1. The standard InChI is InChI=1S/C23H24N4O3/c1-23(2)14-30-15-27(23)21(28)17-5-4-6-19(11-17)26-22-24-12-18(13-25-22)16-7-9-20(29-3)10-8-16/h4-13H,14-15H2,1-3H3,(H,24,25,26). The quantitative estimate of drug-likeness (QED) is 0.690. The molecule has 1 fully saturated rings. The van der Waals surface area contributed by atoms with Crippen molar-refractivity contribution >= 4 is 17.5 Å². The number of carbonyl (C=O) groups is 1. The van der Waals surface area contributed by atoms with Gasteiger partial charge in [0.25, 0.3) is 5.91 Å². The van der Waals surface area contributed by atoms with Crippen LogP contribution in [0.5, 0.6) is 5.75 Å². The molecule has 0 radical (unpaired) electrons. The fourth-order valence-electron chi connectivity index (χ4n) is 3.31. The molecule has 4 rings (SSSR count). The monoisotopic (exact) mass is 404 g/mol. The number of hydrogen-bond donors (Lipinski definition) is 1. The van der Waals surface area contributed by atoms with Crippen LogP contribution in [0.25, 0.3) is 11.1 Å². The van der Waals surface area contributed by atoms with Gasteiger partial charge in [0.15, 0.2) is 0 Å². The van der Waals surface area contributed by atoms with Crippen molar-refractivity contribution in [1.82, 2.24) is 14.9 Å². The molecule has 154 valence electrons. The lowest BCUT2D eigenvalue weighted by molar-refractivity contribution is 0.0605. The fraction of sp³-hybridized carbons (Fsp3) is 0.261. The highest BCUT2D eigenvalue weighted by molar-refractivity contribution is 5.95. The van der Waals surface area contributed by atoms with Crippen LogP contribution in [0.2, 0.25) is 0 Å². The second-order valence-corrected chi connectivity index (χ2v) is 7.75. The molecular formula is C23H24N4O3. The molecule has 0 spiro atoms. The maximum atomic E-state index is 12.9. The molecule has 1 aromatic heterocycles. The van der Waals surface area contributed by atoms with Crippen molar-refractivity contribution in [3.63, 3.8) is 0 Å². The van der Waals surface area contributed by atoms with Crippen LogP contribution < -0.4 is 10.1 Å². The number of benzene rings is 2. The van der Waals surface area contributed by atoms with E-state index in [0.29, 0.717) is 24.8 Å². The summed E-state index contributed by atoms with van der Waals surface area (Å²) in [6.45, 7) is 4.83. The molecule has 1 amide bonds. The lowest BCUT2D eigenvalue weighted by Gasteiger charge is -2.29. The number of methoxy groups -OCH3 is 1. The third-order valence-corrected chi connectivity index (χ3v) is 5.09. The topological polar surface area (TPSA) is 76.6 Å². The van der Waals surface area contributed by atoms with Crippen molar-refractivity contribution in [3.8, 4) is 16.9 Å². The zero-order valence-electron chi connectivity index (χ0n) is 17.3. The zero-order valence-corrected chi connectivity index (χ0v) is 17.3. The Kier molecular flexibility index (Phi) is 5.37. The van der Waals surface area contributed by atoms with Crippen molar-refractivity contribution in [1.29, 1.82) is 0 Å². The first kappa shape index (κ1) is 19.8. The highest BCUT2D eigenvalue weighted by atomic mass is 16.5. The molecule has 0 aliphatic carbocycles. The Labute approximate surface area is 175 Å². The van der Waals surface area contributed by atoms with Crippen LogP contribution in [0.15, 0.2) is 60.9 Å². The Hall–Kier alpha value is -3.45. The zero-order chi connectivity index (χ0) is 21.1. The van der Waals surface area contributed by atoms with Crippen molar-refractivity contribution < 1.29 is 14.3 Å². The second-order valence-electron chi connectivity index (χ2n) is 7.75. The van der Waals surface area contributed by atoms with E-state index in [1.165, 1.54) is 0 Å². The molecule has 7 nitrogen and oxygen atoms in total. The van der Waals surface area contributed by atoms with E-state index in [9.17, 15) is 4.79 Å². The number of rotatable bonds is 5. The van der Waals surface area contributed by atoms with Gasteiger partial charge in [-0.05, 0) is 49.7 Å². The number of nitrogens with zero attached hydrogens (tertiary/aromatic N) is 3. The maximum Gasteiger partial charge on any atom is 0.256 e. The molecule has 1 aliphatic rings. The minimum Gasteiger partial charge on any atom is -0.497 e. The van der Waals surface area contributed by atoms with Gasteiger partial charge in [0.1, 0.15) is 12.5 Å². The molecular weight excluding hydrogens is 380 g/mol. The predicted octanol–water partition coefficient (Wildman–Crippen LogP) is 4.10. The summed E-state index contributed by atoms with van der Waals surface area (Å²) in [7, 11) is 1.64. The van der Waals surface area contributed by atoms with Crippen molar-refractivity contribution in [2.24, 2.45) is 0 Å². The molecule has 0 atom stereocenters. The smallest absolute Gasteiger partial charge is 0.256 e. The van der Waals surface area contributed by atoms with Crippen LogP contribution in [-0.4, -0.2) is 46.8 Å². The summed E-state index contributed by atoms with van der Waals surface area (Å²) in [5, 5.41) is 3.16. The van der Waals surface area contributed by atoms with Gasteiger partial charge in [-0.1, -0.05) is 18.2 Å². The van der Waals surface area contributed by atoms with Gasteiger partial charge >= 0.3 is 0 Å². The normalized spacial score (nSPS) is 15.1. The number of ether oxygens (including phenoxy) is 2. The average molecular weight is 404 g/mol. The molecule has 7 heteroatoms. The maximum absolute atomic E-state index is 12.9. The second kappa shape index (κ2) is 8.12. The summed E-state index contributed by atoms with van der Waals surface area (Å²) >= 11 is 0. The summed E-state index contributed by atoms with van der Waals surface area (Å²) in [6, 6.07) is 15.0. The van der Waals surface area contributed by atoms with Gasteiger partial charge in [0, 0.05) is 29.2 Å². The third kappa shape index (κ3) is 4.11. The third-order valence-electron chi connectivity index (χ3n) is 5.09. The molecule has 0 saturated carbocycles. The lowest BCUT2D eigenvalue weighted by atomic mass is 10.0. The van der Waals surface area contributed by atoms with E-state index in [1.807, 2.05) is 50.2 Å². The summed E-state index contributed by atoms with van der Waals surface area (Å²) < 4.78 is 10.6. The Bertz CT molecular complexity index is 1030. The Morgan fingerprint density at radius 3 is 2.47 bits per heavy atom. The Morgan fingerprint density at radius 2 is 1.83 bits per heavy atom. The number of hydrogen-bond acceptors (Lipinski definition) is 6. The van der Waals surface area contributed by atoms with E-state index >= 15 is 0 Å². The molecule has 0 unspecified atom stereocenters. The van der Waals surface area contributed by atoms with Crippen LogP contribution >= 0.6 is 0 Å². The number of nitrogens with one attached hydrogen (secondary N) is 1. The van der Waals surface area contributed by atoms with Crippen molar-refractivity contribution in [2.45, 2.75) is 19.4 Å². The van der Waals surface area contributed by atoms with Crippen LogP contribution in [0.4, 0.5) is 11.6 Å². The predicted molar refractivity (Wildman–Crippen MR) is 115 cm³/mol. The van der Waals surface area contributed by atoms with Gasteiger partial charge in [-0.3, -0.25) is 4.79 Å². The largest absolute Gasteiger partial charge is 0.497 e. The first-order valence-electron chi connectivity index (χ1n) is 9.69. The molecule has 0 bridgehead atoms. The molecule has 1 saturated heterocycles.